The standard InChI is InChI=1S/C11H19NO2/c1-4-11(13,9(2)3)10(7-12)5-6-14-8-10/h9,13H,4-6,8H2,1-3H3. The van der Waals surface area contributed by atoms with Gasteiger partial charge in [0.1, 0.15) is 5.41 Å². The predicted molar refractivity (Wildman–Crippen MR) is 53.6 cm³/mol. The molecule has 0 aromatic rings. The first-order valence-corrected chi connectivity index (χ1v) is 5.24. The van der Waals surface area contributed by atoms with Crippen LogP contribution in [-0.4, -0.2) is 23.9 Å². The third kappa shape index (κ3) is 1.43. The molecule has 80 valence electrons. The minimum Gasteiger partial charge on any atom is -0.388 e. The summed E-state index contributed by atoms with van der Waals surface area (Å²) in [5.41, 5.74) is -1.62. The lowest BCUT2D eigenvalue weighted by atomic mass is 9.65. The fourth-order valence-corrected chi connectivity index (χ4v) is 2.39. The van der Waals surface area contributed by atoms with Gasteiger partial charge in [0.25, 0.3) is 0 Å². The average molecular weight is 197 g/mol. The highest BCUT2D eigenvalue weighted by Crippen LogP contribution is 2.45. The van der Waals surface area contributed by atoms with Crippen molar-refractivity contribution in [3.05, 3.63) is 0 Å². The second kappa shape index (κ2) is 3.88. The summed E-state index contributed by atoms with van der Waals surface area (Å²) in [4.78, 5) is 0. The fourth-order valence-electron chi connectivity index (χ4n) is 2.39. The highest BCUT2D eigenvalue weighted by atomic mass is 16.5. The number of nitriles is 1. The SMILES string of the molecule is CCC(O)(C(C)C)C1(C#N)CCOC1. The number of hydrogen-bond donors (Lipinski definition) is 1. The van der Waals surface area contributed by atoms with Crippen LogP contribution in [0.2, 0.25) is 0 Å². The highest BCUT2D eigenvalue weighted by molar-refractivity contribution is 5.14. The molecule has 2 unspecified atom stereocenters. The van der Waals surface area contributed by atoms with E-state index in [0.29, 0.717) is 26.1 Å². The lowest BCUT2D eigenvalue weighted by Crippen LogP contribution is -2.51. The van der Waals surface area contributed by atoms with Crippen LogP contribution in [0, 0.1) is 22.7 Å². The summed E-state index contributed by atoms with van der Waals surface area (Å²) < 4.78 is 5.27. The van der Waals surface area contributed by atoms with Gasteiger partial charge < -0.3 is 9.84 Å². The molecule has 0 bridgehead atoms. The molecule has 0 radical (unpaired) electrons. The van der Waals surface area contributed by atoms with E-state index in [-0.39, 0.29) is 5.92 Å². The van der Waals surface area contributed by atoms with Gasteiger partial charge in [-0.05, 0) is 18.8 Å². The van der Waals surface area contributed by atoms with Crippen molar-refractivity contribution in [3.63, 3.8) is 0 Å². The molecule has 3 nitrogen and oxygen atoms in total. The summed E-state index contributed by atoms with van der Waals surface area (Å²) in [5.74, 6) is 0.0776. The molecule has 3 heteroatoms. The number of nitrogens with zero attached hydrogens (tertiary/aromatic N) is 1. The third-order valence-corrected chi connectivity index (χ3v) is 3.56. The summed E-state index contributed by atoms with van der Waals surface area (Å²) in [5, 5.41) is 19.8. The fraction of sp³-hybridized carbons (Fsp3) is 0.909. The smallest absolute Gasteiger partial charge is 0.112 e. The van der Waals surface area contributed by atoms with Crippen LogP contribution in [0.3, 0.4) is 0 Å². The monoisotopic (exact) mass is 197 g/mol. The summed E-state index contributed by atoms with van der Waals surface area (Å²) in [6.07, 6.45) is 1.24. The Morgan fingerprint density at radius 1 is 1.64 bits per heavy atom. The second-order valence-electron chi connectivity index (χ2n) is 4.43. The summed E-state index contributed by atoms with van der Waals surface area (Å²) in [7, 11) is 0. The zero-order valence-electron chi connectivity index (χ0n) is 9.21. The van der Waals surface area contributed by atoms with Gasteiger partial charge in [0, 0.05) is 6.61 Å². The van der Waals surface area contributed by atoms with Crippen molar-refractivity contribution in [3.8, 4) is 6.07 Å². The van der Waals surface area contributed by atoms with Gasteiger partial charge in [-0.3, -0.25) is 0 Å². The Kier molecular flexibility index (Phi) is 3.18. The van der Waals surface area contributed by atoms with Crippen molar-refractivity contribution in [2.24, 2.45) is 11.3 Å². The molecule has 1 heterocycles. The third-order valence-electron chi connectivity index (χ3n) is 3.56. The van der Waals surface area contributed by atoms with Crippen molar-refractivity contribution in [1.82, 2.24) is 0 Å². The molecule has 0 aliphatic carbocycles. The Morgan fingerprint density at radius 3 is 2.57 bits per heavy atom. The van der Waals surface area contributed by atoms with Gasteiger partial charge in [0.05, 0.1) is 18.3 Å². The van der Waals surface area contributed by atoms with E-state index in [2.05, 4.69) is 6.07 Å². The Bertz CT molecular complexity index is 238. The van der Waals surface area contributed by atoms with E-state index in [1.165, 1.54) is 0 Å². The Hall–Kier alpha value is -0.590. The van der Waals surface area contributed by atoms with E-state index in [1.54, 1.807) is 0 Å². The van der Waals surface area contributed by atoms with Crippen LogP contribution >= 0.6 is 0 Å². The predicted octanol–water partition coefficient (Wildman–Crippen LogP) is 1.71. The molecule has 1 aliphatic heterocycles. The van der Waals surface area contributed by atoms with Crippen LogP contribution in [0.5, 0.6) is 0 Å². The summed E-state index contributed by atoms with van der Waals surface area (Å²) in [6.45, 7) is 6.80. The van der Waals surface area contributed by atoms with Crippen LogP contribution in [0.25, 0.3) is 0 Å². The molecule has 1 fully saturated rings. The highest BCUT2D eigenvalue weighted by Gasteiger charge is 2.53. The van der Waals surface area contributed by atoms with Crippen molar-refractivity contribution in [1.29, 1.82) is 5.26 Å². The molecule has 1 rings (SSSR count). The number of aliphatic hydroxyl groups is 1. The largest absolute Gasteiger partial charge is 0.388 e. The first-order valence-electron chi connectivity index (χ1n) is 5.24. The van der Waals surface area contributed by atoms with E-state index in [1.807, 2.05) is 20.8 Å². The maximum absolute atomic E-state index is 10.5. The lowest BCUT2D eigenvalue weighted by Gasteiger charge is -2.42. The van der Waals surface area contributed by atoms with E-state index in [0.717, 1.165) is 0 Å². The first kappa shape index (κ1) is 11.5. The number of hydrogen-bond acceptors (Lipinski definition) is 3. The van der Waals surface area contributed by atoms with Crippen LogP contribution in [-0.2, 0) is 4.74 Å². The van der Waals surface area contributed by atoms with Gasteiger partial charge in [0.15, 0.2) is 0 Å². The van der Waals surface area contributed by atoms with Gasteiger partial charge in [-0.2, -0.15) is 5.26 Å². The van der Waals surface area contributed by atoms with Gasteiger partial charge >= 0.3 is 0 Å². The lowest BCUT2D eigenvalue weighted by molar-refractivity contribution is -0.0960. The van der Waals surface area contributed by atoms with Crippen LogP contribution in [0.1, 0.15) is 33.6 Å². The van der Waals surface area contributed by atoms with Crippen molar-refractivity contribution < 1.29 is 9.84 Å². The molecule has 0 aromatic heterocycles. The molecular formula is C11H19NO2. The van der Waals surface area contributed by atoms with Gasteiger partial charge in [-0.1, -0.05) is 20.8 Å². The summed E-state index contributed by atoms with van der Waals surface area (Å²) in [6, 6.07) is 2.28. The molecule has 1 aliphatic rings. The van der Waals surface area contributed by atoms with Crippen molar-refractivity contribution >= 4 is 0 Å². The minimum absolute atomic E-state index is 0.0776. The van der Waals surface area contributed by atoms with E-state index < -0.39 is 11.0 Å². The molecular weight excluding hydrogens is 178 g/mol. The molecule has 0 spiro atoms. The molecule has 14 heavy (non-hydrogen) atoms. The Balaban J connectivity index is 3.02. The van der Waals surface area contributed by atoms with Crippen LogP contribution < -0.4 is 0 Å². The zero-order valence-corrected chi connectivity index (χ0v) is 9.21. The van der Waals surface area contributed by atoms with Gasteiger partial charge in [-0.25, -0.2) is 0 Å². The normalized spacial score (nSPS) is 31.4. The Labute approximate surface area is 85.7 Å². The maximum atomic E-state index is 10.5. The van der Waals surface area contributed by atoms with E-state index >= 15 is 0 Å². The van der Waals surface area contributed by atoms with Crippen LogP contribution in [0.15, 0.2) is 0 Å². The molecule has 2 atom stereocenters. The number of rotatable bonds is 3. The number of ether oxygens (including phenoxy) is 1. The second-order valence-corrected chi connectivity index (χ2v) is 4.43. The van der Waals surface area contributed by atoms with E-state index in [9.17, 15) is 10.4 Å². The average Bonchev–Trinajstić information content (AvgIpc) is 2.66. The maximum Gasteiger partial charge on any atom is 0.112 e. The van der Waals surface area contributed by atoms with Gasteiger partial charge in [-0.15, -0.1) is 0 Å². The van der Waals surface area contributed by atoms with E-state index in [4.69, 9.17) is 4.74 Å². The molecule has 1 saturated heterocycles. The Morgan fingerprint density at radius 2 is 2.29 bits per heavy atom. The topological polar surface area (TPSA) is 53.2 Å². The van der Waals surface area contributed by atoms with Crippen molar-refractivity contribution in [2.75, 3.05) is 13.2 Å². The van der Waals surface area contributed by atoms with Gasteiger partial charge in [0.2, 0.25) is 0 Å². The minimum atomic E-state index is -0.918. The first-order chi connectivity index (χ1) is 6.52. The van der Waals surface area contributed by atoms with Crippen LogP contribution in [0.4, 0.5) is 0 Å². The zero-order chi connectivity index (χ0) is 10.8. The molecule has 0 aromatic carbocycles. The summed E-state index contributed by atoms with van der Waals surface area (Å²) >= 11 is 0. The van der Waals surface area contributed by atoms with Crippen molar-refractivity contribution in [2.45, 2.75) is 39.2 Å². The quantitative estimate of drug-likeness (QED) is 0.749. The molecule has 0 amide bonds. The molecule has 0 saturated carbocycles. The molecule has 1 N–H and O–H groups in total.